The number of amides is 1. The summed E-state index contributed by atoms with van der Waals surface area (Å²) >= 11 is 5.68. The van der Waals surface area contributed by atoms with E-state index >= 15 is 0 Å². The lowest BCUT2D eigenvalue weighted by Crippen LogP contribution is -2.35. The Hall–Kier alpha value is -3.25. The number of anilines is 1. The molecule has 1 N–H and O–H groups in total. The molecule has 0 fully saturated rings. The summed E-state index contributed by atoms with van der Waals surface area (Å²) in [6.45, 7) is 0. The zero-order valence-electron chi connectivity index (χ0n) is 14.7. The highest BCUT2D eigenvalue weighted by Gasteiger charge is 2.27. The molecule has 0 radical (unpaired) electrons. The third-order valence-corrected chi connectivity index (χ3v) is 5.07. The van der Waals surface area contributed by atoms with E-state index in [1.54, 1.807) is 18.1 Å². The average Bonchev–Trinajstić information content (AvgIpc) is 3.20. The molecule has 4 rings (SSSR count). The lowest BCUT2D eigenvalue weighted by atomic mass is 10.0. The molecule has 1 amide bonds. The summed E-state index contributed by atoms with van der Waals surface area (Å²) < 4.78 is 2.41. The second kappa shape index (κ2) is 7.17. The molecule has 0 aliphatic rings. The van der Waals surface area contributed by atoms with Crippen molar-refractivity contribution in [3.8, 4) is 0 Å². The molecule has 0 aliphatic heterocycles. The number of fused-ring (bicyclic) bond motifs is 1. The van der Waals surface area contributed by atoms with Crippen molar-refractivity contribution in [2.24, 2.45) is 0 Å². The zero-order chi connectivity index (χ0) is 18.8. The van der Waals surface area contributed by atoms with Crippen LogP contribution in [-0.2, 0) is 4.79 Å². The van der Waals surface area contributed by atoms with E-state index in [2.05, 4.69) is 10.2 Å². The zero-order valence-corrected chi connectivity index (χ0v) is 15.6. The molecule has 6 heteroatoms. The molecule has 1 unspecified atom stereocenters. The van der Waals surface area contributed by atoms with Gasteiger partial charge in [0, 0.05) is 18.9 Å². The van der Waals surface area contributed by atoms with Crippen LogP contribution in [0.2, 0.25) is 0 Å². The summed E-state index contributed by atoms with van der Waals surface area (Å²) in [6, 6.07) is 20.6. The Morgan fingerprint density at radius 1 is 1.07 bits per heavy atom. The fourth-order valence-corrected chi connectivity index (χ4v) is 3.51. The summed E-state index contributed by atoms with van der Waals surface area (Å²) in [7, 11) is 1.79. The molecule has 0 spiro atoms. The monoisotopic (exact) mass is 374 g/mol. The number of nitrogens with zero attached hydrogens (tertiary/aromatic N) is 3. The summed E-state index contributed by atoms with van der Waals surface area (Å²) in [5.41, 5.74) is 2.57. The first-order valence-electron chi connectivity index (χ1n) is 8.58. The van der Waals surface area contributed by atoms with E-state index in [-0.39, 0.29) is 5.91 Å². The van der Waals surface area contributed by atoms with Crippen LogP contribution in [0.15, 0.2) is 79.1 Å². The molecule has 5 nitrogen and oxygen atoms in total. The number of H-pyrrole nitrogens is 1. The van der Waals surface area contributed by atoms with Gasteiger partial charge in [-0.3, -0.25) is 9.89 Å². The Kier molecular flexibility index (Phi) is 4.56. The molecule has 4 aromatic rings. The maximum atomic E-state index is 13.5. The minimum absolute atomic E-state index is 0.0636. The molecule has 0 aliphatic carbocycles. The Bertz CT molecular complexity index is 1140. The van der Waals surface area contributed by atoms with E-state index in [0.717, 1.165) is 22.2 Å². The average molecular weight is 374 g/mol. The second-order valence-corrected chi connectivity index (χ2v) is 6.66. The van der Waals surface area contributed by atoms with Gasteiger partial charge in [-0.25, -0.2) is 0 Å². The minimum Gasteiger partial charge on any atom is -0.322 e. The highest BCUT2D eigenvalue weighted by atomic mass is 32.1. The first-order valence-corrected chi connectivity index (χ1v) is 8.99. The van der Waals surface area contributed by atoms with Crippen molar-refractivity contribution in [3.05, 3.63) is 89.3 Å². The van der Waals surface area contributed by atoms with Gasteiger partial charge in [-0.05, 0) is 23.8 Å². The third-order valence-electron chi connectivity index (χ3n) is 4.64. The Labute approximate surface area is 161 Å². The minimum atomic E-state index is -0.566. The molecule has 2 aromatic heterocycles. The molecule has 0 bridgehead atoms. The van der Waals surface area contributed by atoms with Gasteiger partial charge in [0.2, 0.25) is 0 Å². The highest BCUT2D eigenvalue weighted by Crippen LogP contribution is 2.26. The van der Waals surface area contributed by atoms with Gasteiger partial charge in [0.1, 0.15) is 10.7 Å². The second-order valence-electron chi connectivity index (χ2n) is 6.27. The topological polar surface area (TPSA) is 53.9 Å². The van der Waals surface area contributed by atoms with Gasteiger partial charge in [-0.1, -0.05) is 60.7 Å². The predicted molar refractivity (Wildman–Crippen MR) is 109 cm³/mol. The summed E-state index contributed by atoms with van der Waals surface area (Å²) in [5, 5.41) is 7.80. The van der Waals surface area contributed by atoms with Crippen LogP contribution < -0.4 is 4.90 Å². The highest BCUT2D eigenvalue weighted by molar-refractivity contribution is 7.71. The van der Waals surface area contributed by atoms with Crippen LogP contribution in [0.25, 0.3) is 10.9 Å². The number of para-hydroxylation sites is 1. The van der Waals surface area contributed by atoms with Crippen molar-refractivity contribution in [2.75, 3.05) is 11.9 Å². The molecular weight excluding hydrogens is 356 g/mol. The van der Waals surface area contributed by atoms with Gasteiger partial charge >= 0.3 is 0 Å². The molecule has 2 aromatic carbocycles. The van der Waals surface area contributed by atoms with Crippen molar-refractivity contribution in [1.82, 2.24) is 14.8 Å². The van der Waals surface area contributed by atoms with E-state index < -0.39 is 6.04 Å². The molecule has 0 saturated carbocycles. The fourth-order valence-electron chi connectivity index (χ4n) is 3.18. The van der Waals surface area contributed by atoms with E-state index in [1.165, 1.54) is 0 Å². The van der Waals surface area contributed by atoms with Crippen molar-refractivity contribution in [3.63, 3.8) is 0 Å². The van der Waals surface area contributed by atoms with Crippen LogP contribution in [-0.4, -0.2) is 27.7 Å². The Morgan fingerprint density at radius 2 is 1.74 bits per heavy atom. The molecule has 0 saturated heterocycles. The number of benzene rings is 2. The van der Waals surface area contributed by atoms with Crippen LogP contribution in [0.4, 0.5) is 5.69 Å². The van der Waals surface area contributed by atoms with Crippen LogP contribution in [0.3, 0.4) is 0 Å². The van der Waals surface area contributed by atoms with Gasteiger partial charge in [0.05, 0.1) is 17.1 Å². The predicted octanol–water partition coefficient (Wildman–Crippen LogP) is 4.35. The van der Waals surface area contributed by atoms with Crippen LogP contribution >= 0.6 is 12.2 Å². The van der Waals surface area contributed by atoms with E-state index in [1.807, 2.05) is 77.5 Å². The first kappa shape index (κ1) is 17.2. The summed E-state index contributed by atoms with van der Waals surface area (Å²) in [5.74, 6) is -0.0636. The number of aromatic nitrogens is 3. The number of nitrogens with one attached hydrogen (secondary N) is 1. The van der Waals surface area contributed by atoms with Gasteiger partial charge in [0.15, 0.2) is 0 Å². The number of aromatic amines is 1. The van der Waals surface area contributed by atoms with E-state index in [0.29, 0.717) is 4.64 Å². The standard InChI is InChI=1S/C21H18N4OS/c1-24(16-10-6-3-7-11-16)20(26)19(15-8-4-2-5-9-15)25-13-12-18-17(21(25)27)14-22-23-18/h2-14,19H,1H3,(H,22,23). The van der Waals surface area contributed by atoms with Crippen molar-refractivity contribution in [1.29, 1.82) is 0 Å². The lowest BCUT2D eigenvalue weighted by Gasteiger charge is -2.26. The number of pyridine rings is 1. The summed E-state index contributed by atoms with van der Waals surface area (Å²) in [4.78, 5) is 15.2. The quantitative estimate of drug-likeness (QED) is 0.541. The smallest absolute Gasteiger partial charge is 0.254 e. The van der Waals surface area contributed by atoms with Crippen LogP contribution in [0.5, 0.6) is 0 Å². The molecule has 1 atom stereocenters. The molecule has 2 heterocycles. The molecule has 27 heavy (non-hydrogen) atoms. The van der Waals surface area contributed by atoms with Crippen molar-refractivity contribution in [2.45, 2.75) is 6.04 Å². The summed E-state index contributed by atoms with van der Waals surface area (Å²) in [6.07, 6.45) is 3.54. The fraction of sp³-hybridized carbons (Fsp3) is 0.0952. The SMILES string of the molecule is CN(C(=O)C(c1ccccc1)n1ccc2[nH]ncc2c1=S)c1ccccc1. The van der Waals surface area contributed by atoms with Gasteiger partial charge in [-0.15, -0.1) is 0 Å². The Balaban J connectivity index is 1.86. The lowest BCUT2D eigenvalue weighted by molar-refractivity contribution is -0.120. The molecule has 134 valence electrons. The van der Waals surface area contributed by atoms with E-state index in [4.69, 9.17) is 12.2 Å². The number of hydrogen-bond donors (Lipinski definition) is 1. The number of rotatable bonds is 4. The number of carbonyl (C=O) groups excluding carboxylic acids is 1. The van der Waals surface area contributed by atoms with Crippen LogP contribution in [0.1, 0.15) is 11.6 Å². The normalized spacial score (nSPS) is 12.0. The van der Waals surface area contributed by atoms with E-state index in [9.17, 15) is 4.79 Å². The number of likely N-dealkylation sites (N-methyl/N-ethyl adjacent to an activating group) is 1. The molecular formula is C21H18N4OS. The number of hydrogen-bond acceptors (Lipinski definition) is 3. The van der Waals surface area contributed by atoms with Gasteiger partial charge in [0.25, 0.3) is 5.91 Å². The van der Waals surface area contributed by atoms with Crippen molar-refractivity contribution < 1.29 is 4.79 Å². The van der Waals surface area contributed by atoms with Gasteiger partial charge < -0.3 is 9.47 Å². The van der Waals surface area contributed by atoms with Crippen LogP contribution in [0, 0.1) is 4.64 Å². The Morgan fingerprint density at radius 3 is 2.44 bits per heavy atom. The van der Waals surface area contributed by atoms with Crippen molar-refractivity contribution >= 4 is 34.7 Å². The maximum absolute atomic E-state index is 13.5. The van der Waals surface area contributed by atoms with Gasteiger partial charge in [-0.2, -0.15) is 5.10 Å². The first-order chi connectivity index (χ1) is 13.2. The largest absolute Gasteiger partial charge is 0.322 e. The number of carbonyl (C=O) groups is 1. The maximum Gasteiger partial charge on any atom is 0.254 e. The third kappa shape index (κ3) is 3.15.